The van der Waals surface area contributed by atoms with Gasteiger partial charge in [0.1, 0.15) is 11.6 Å². The Bertz CT molecular complexity index is 845. The van der Waals surface area contributed by atoms with Crippen molar-refractivity contribution in [3.8, 4) is 6.07 Å². The van der Waals surface area contributed by atoms with Gasteiger partial charge in [-0.15, -0.1) is 0 Å². The number of hydrogen-bond donors (Lipinski definition) is 2. The second-order valence-corrected chi connectivity index (χ2v) is 5.78. The summed E-state index contributed by atoms with van der Waals surface area (Å²) in [6.45, 7) is 0. The van der Waals surface area contributed by atoms with E-state index in [1.165, 1.54) is 6.07 Å². The molecule has 2 aromatic carbocycles. The maximum Gasteiger partial charge on any atom is 0.262 e. The van der Waals surface area contributed by atoms with Crippen LogP contribution in [0.2, 0.25) is 0 Å². The number of sulfonamides is 1. The number of benzene rings is 2. The van der Waals surface area contributed by atoms with Crippen LogP contribution in [0, 0.1) is 23.0 Å². The van der Waals surface area contributed by atoms with Crippen LogP contribution in [0.25, 0.3) is 0 Å². The van der Waals surface area contributed by atoms with Crippen LogP contribution < -0.4 is 10.5 Å². The fraction of sp³-hybridized carbons (Fsp3) is 0. The maximum atomic E-state index is 13.7. The Morgan fingerprint density at radius 3 is 2.38 bits per heavy atom. The van der Waals surface area contributed by atoms with Gasteiger partial charge in [0.25, 0.3) is 10.0 Å². The highest BCUT2D eigenvalue weighted by atomic mass is 32.2. The van der Waals surface area contributed by atoms with Gasteiger partial charge in [0, 0.05) is 0 Å². The lowest BCUT2D eigenvalue weighted by molar-refractivity contribution is 0.594. The first kappa shape index (κ1) is 14.7. The second-order valence-electron chi connectivity index (χ2n) is 4.10. The van der Waals surface area contributed by atoms with Crippen LogP contribution >= 0.6 is 0 Å². The molecule has 0 spiro atoms. The predicted octanol–water partition coefficient (Wildman–Crippen LogP) is 2.22. The quantitative estimate of drug-likeness (QED) is 0.850. The standard InChI is InChI=1S/C13H9F2N3O2S/c14-10-6-9(2-3-12(10)17)21(19,20)18-13-4-1-8(7-16)5-11(13)15/h1-6,18H,17H2. The van der Waals surface area contributed by atoms with Crippen molar-refractivity contribution in [2.75, 3.05) is 10.5 Å². The molecule has 0 aliphatic rings. The number of anilines is 2. The van der Waals surface area contributed by atoms with Crippen LogP contribution in [0.4, 0.5) is 20.2 Å². The molecule has 2 aromatic rings. The van der Waals surface area contributed by atoms with Gasteiger partial charge in [-0.05, 0) is 36.4 Å². The highest BCUT2D eigenvalue weighted by molar-refractivity contribution is 7.92. The van der Waals surface area contributed by atoms with E-state index in [9.17, 15) is 17.2 Å². The van der Waals surface area contributed by atoms with Crippen molar-refractivity contribution in [2.24, 2.45) is 0 Å². The number of nitrogens with one attached hydrogen (secondary N) is 1. The number of halogens is 2. The van der Waals surface area contributed by atoms with Gasteiger partial charge in [-0.2, -0.15) is 5.26 Å². The van der Waals surface area contributed by atoms with Crippen molar-refractivity contribution in [2.45, 2.75) is 4.90 Å². The van der Waals surface area contributed by atoms with Crippen LogP contribution in [0.1, 0.15) is 5.56 Å². The van der Waals surface area contributed by atoms with Crippen LogP contribution in [0.3, 0.4) is 0 Å². The van der Waals surface area contributed by atoms with Crippen LogP contribution in [-0.2, 0) is 10.0 Å². The number of nitriles is 1. The SMILES string of the molecule is N#Cc1ccc(NS(=O)(=O)c2ccc(N)c(F)c2)c(F)c1. The Labute approximate surface area is 119 Å². The monoisotopic (exact) mass is 309 g/mol. The molecule has 3 N–H and O–H groups in total. The molecule has 0 amide bonds. The van der Waals surface area contributed by atoms with E-state index in [0.717, 1.165) is 30.3 Å². The summed E-state index contributed by atoms with van der Waals surface area (Å²) >= 11 is 0. The number of hydrogen-bond acceptors (Lipinski definition) is 4. The van der Waals surface area contributed by atoms with Crippen molar-refractivity contribution in [3.05, 3.63) is 53.6 Å². The smallest absolute Gasteiger partial charge is 0.262 e. The molecule has 0 fully saturated rings. The van der Waals surface area contributed by atoms with Crippen molar-refractivity contribution in [3.63, 3.8) is 0 Å². The zero-order chi connectivity index (χ0) is 15.6. The summed E-state index contributed by atoms with van der Waals surface area (Å²) in [4.78, 5) is -0.391. The minimum Gasteiger partial charge on any atom is -0.396 e. The van der Waals surface area contributed by atoms with E-state index >= 15 is 0 Å². The van der Waals surface area contributed by atoms with Gasteiger partial charge < -0.3 is 5.73 Å². The minimum atomic E-state index is -4.16. The summed E-state index contributed by atoms with van der Waals surface area (Å²) in [7, 11) is -4.16. The van der Waals surface area contributed by atoms with Crippen LogP contribution in [-0.4, -0.2) is 8.42 Å². The summed E-state index contributed by atoms with van der Waals surface area (Å²) in [6, 6.07) is 7.91. The second kappa shape index (κ2) is 5.38. The molecule has 0 saturated heterocycles. The molecule has 0 heterocycles. The summed E-state index contributed by atoms with van der Waals surface area (Å²) < 4.78 is 53.0. The van der Waals surface area contributed by atoms with E-state index in [0.29, 0.717) is 0 Å². The van der Waals surface area contributed by atoms with Crippen molar-refractivity contribution in [1.29, 1.82) is 5.26 Å². The fourth-order valence-corrected chi connectivity index (χ4v) is 2.62. The van der Waals surface area contributed by atoms with E-state index < -0.39 is 26.6 Å². The highest BCUT2D eigenvalue weighted by Gasteiger charge is 2.18. The van der Waals surface area contributed by atoms with E-state index in [1.54, 1.807) is 6.07 Å². The number of nitrogens with zero attached hydrogens (tertiary/aromatic N) is 1. The lowest BCUT2D eigenvalue weighted by atomic mass is 10.2. The van der Waals surface area contributed by atoms with E-state index in [4.69, 9.17) is 11.0 Å². The third-order valence-corrected chi connectivity index (χ3v) is 3.99. The highest BCUT2D eigenvalue weighted by Crippen LogP contribution is 2.22. The first-order valence-electron chi connectivity index (χ1n) is 5.61. The zero-order valence-corrected chi connectivity index (χ0v) is 11.3. The van der Waals surface area contributed by atoms with Gasteiger partial charge in [0.15, 0.2) is 0 Å². The molecular weight excluding hydrogens is 300 g/mol. The van der Waals surface area contributed by atoms with Gasteiger partial charge >= 0.3 is 0 Å². The molecule has 5 nitrogen and oxygen atoms in total. The van der Waals surface area contributed by atoms with Crippen LogP contribution in [0.5, 0.6) is 0 Å². The average Bonchev–Trinajstić information content (AvgIpc) is 2.43. The molecule has 0 aromatic heterocycles. The van der Waals surface area contributed by atoms with Crippen molar-refractivity contribution in [1.82, 2.24) is 0 Å². The third kappa shape index (κ3) is 3.09. The Hall–Kier alpha value is -2.66. The third-order valence-electron chi connectivity index (χ3n) is 2.62. The summed E-state index contributed by atoms with van der Waals surface area (Å²) in [6.07, 6.45) is 0. The molecule has 21 heavy (non-hydrogen) atoms. The molecule has 0 unspecified atom stereocenters. The first-order valence-corrected chi connectivity index (χ1v) is 7.09. The number of nitrogens with two attached hydrogens (primary N) is 1. The Kier molecular flexibility index (Phi) is 3.78. The summed E-state index contributed by atoms with van der Waals surface area (Å²) in [5, 5.41) is 8.61. The van der Waals surface area contributed by atoms with Gasteiger partial charge in [-0.3, -0.25) is 4.72 Å². The van der Waals surface area contributed by atoms with Gasteiger partial charge in [0.2, 0.25) is 0 Å². The zero-order valence-electron chi connectivity index (χ0n) is 10.5. The average molecular weight is 309 g/mol. The number of rotatable bonds is 3. The Balaban J connectivity index is 2.37. The predicted molar refractivity (Wildman–Crippen MR) is 72.7 cm³/mol. The van der Waals surface area contributed by atoms with Crippen molar-refractivity contribution >= 4 is 21.4 Å². The lowest BCUT2D eigenvalue weighted by Gasteiger charge is -2.09. The van der Waals surface area contributed by atoms with Crippen molar-refractivity contribution < 1.29 is 17.2 Å². The molecular formula is C13H9F2N3O2S. The maximum absolute atomic E-state index is 13.7. The molecule has 0 radical (unpaired) electrons. The Morgan fingerprint density at radius 2 is 1.81 bits per heavy atom. The molecule has 0 aliphatic carbocycles. The minimum absolute atomic E-state index is 0.0500. The summed E-state index contributed by atoms with van der Waals surface area (Å²) in [5.41, 5.74) is 4.77. The normalized spacial score (nSPS) is 10.9. The molecule has 0 atom stereocenters. The molecule has 0 aliphatic heterocycles. The van der Waals surface area contributed by atoms with Gasteiger partial charge in [0.05, 0.1) is 27.9 Å². The number of nitrogen functional groups attached to an aromatic ring is 1. The lowest BCUT2D eigenvalue weighted by Crippen LogP contribution is -2.14. The molecule has 8 heteroatoms. The first-order chi connectivity index (χ1) is 9.83. The molecule has 0 saturated carbocycles. The van der Waals surface area contributed by atoms with E-state index in [-0.39, 0.29) is 16.9 Å². The summed E-state index contributed by atoms with van der Waals surface area (Å²) in [5.74, 6) is -1.80. The molecule has 2 rings (SSSR count). The molecule has 108 valence electrons. The van der Waals surface area contributed by atoms with E-state index in [1.807, 2.05) is 4.72 Å². The van der Waals surface area contributed by atoms with E-state index in [2.05, 4.69) is 0 Å². The Morgan fingerprint density at radius 1 is 1.10 bits per heavy atom. The van der Waals surface area contributed by atoms with Gasteiger partial charge in [-0.25, -0.2) is 17.2 Å². The fourth-order valence-electron chi connectivity index (χ4n) is 1.55. The topological polar surface area (TPSA) is 96.0 Å². The van der Waals surface area contributed by atoms with Gasteiger partial charge in [-0.1, -0.05) is 0 Å². The molecule has 0 bridgehead atoms. The largest absolute Gasteiger partial charge is 0.396 e. The van der Waals surface area contributed by atoms with Crippen LogP contribution in [0.15, 0.2) is 41.3 Å².